The van der Waals surface area contributed by atoms with Gasteiger partial charge in [0.2, 0.25) is 0 Å². The maximum Gasteiger partial charge on any atom is 0.117 e. The fourth-order valence-electron chi connectivity index (χ4n) is 4.17. The quantitative estimate of drug-likeness (QED) is 0.540. The Morgan fingerprint density at radius 3 is 2.35 bits per heavy atom. The highest BCUT2D eigenvalue weighted by molar-refractivity contribution is 5.40. The van der Waals surface area contributed by atoms with Crippen LogP contribution in [0.2, 0.25) is 0 Å². The fourth-order valence-corrected chi connectivity index (χ4v) is 4.17. The van der Waals surface area contributed by atoms with Crippen molar-refractivity contribution in [2.24, 2.45) is 0 Å². The van der Waals surface area contributed by atoms with Crippen molar-refractivity contribution in [3.05, 3.63) is 41.3 Å². The summed E-state index contributed by atoms with van der Waals surface area (Å²) in [4.78, 5) is 0. The van der Waals surface area contributed by atoms with E-state index in [9.17, 15) is 0 Å². The molecule has 0 amide bonds. The highest BCUT2D eigenvalue weighted by Gasteiger charge is 2.27. The molecule has 0 N–H and O–H groups in total. The van der Waals surface area contributed by atoms with Crippen LogP contribution in [0.25, 0.3) is 5.82 Å². The van der Waals surface area contributed by atoms with Gasteiger partial charge in [-0.05, 0) is 43.5 Å². The number of hydrogen-bond donors (Lipinski definition) is 0. The van der Waals surface area contributed by atoms with E-state index in [1.54, 1.807) is 0 Å². The van der Waals surface area contributed by atoms with E-state index in [2.05, 4.69) is 54.2 Å². The Labute approximate surface area is 141 Å². The number of unbranched alkanes of at least 4 members (excludes halogenated alkanes) is 2. The molecule has 3 heterocycles. The van der Waals surface area contributed by atoms with Crippen LogP contribution in [0.1, 0.15) is 82.4 Å². The van der Waals surface area contributed by atoms with E-state index >= 15 is 0 Å². The van der Waals surface area contributed by atoms with Gasteiger partial charge in [-0.15, -0.1) is 0 Å². The van der Waals surface area contributed by atoms with Gasteiger partial charge in [0.05, 0.1) is 0 Å². The lowest BCUT2D eigenvalue weighted by Gasteiger charge is -2.31. The van der Waals surface area contributed by atoms with Crippen molar-refractivity contribution in [3.63, 3.8) is 0 Å². The zero-order valence-corrected chi connectivity index (χ0v) is 15.1. The molecule has 0 radical (unpaired) electrons. The Bertz CT molecular complexity index is 632. The summed E-state index contributed by atoms with van der Waals surface area (Å²) in [5, 5.41) is 0. The third-order valence-electron chi connectivity index (χ3n) is 5.22. The smallest absolute Gasteiger partial charge is 0.117 e. The number of fused-ring (bicyclic) bond motifs is 3. The van der Waals surface area contributed by atoms with Gasteiger partial charge in [-0.3, -0.25) is 0 Å². The topological polar surface area (TPSA) is 9.86 Å². The molecular formula is C21H32N2. The summed E-state index contributed by atoms with van der Waals surface area (Å²) in [6.45, 7) is 6.86. The molecule has 2 aromatic rings. The molecule has 126 valence electrons. The summed E-state index contributed by atoms with van der Waals surface area (Å²) >= 11 is 0. The van der Waals surface area contributed by atoms with Crippen molar-refractivity contribution in [3.8, 4) is 5.82 Å². The van der Waals surface area contributed by atoms with Crippen LogP contribution >= 0.6 is 0 Å². The van der Waals surface area contributed by atoms with Gasteiger partial charge in [-0.1, -0.05) is 52.9 Å². The van der Waals surface area contributed by atoms with Crippen LogP contribution in [0.3, 0.4) is 0 Å². The molecule has 1 aliphatic heterocycles. The SMILES string of the molecule is CCCCC[C@@H]1Cc2ccc(CCC)n2-c2ccc(CCC)n21. The Kier molecular flexibility index (Phi) is 5.30. The third-order valence-corrected chi connectivity index (χ3v) is 5.22. The van der Waals surface area contributed by atoms with E-state index < -0.39 is 0 Å². The van der Waals surface area contributed by atoms with Gasteiger partial charge in [0.15, 0.2) is 0 Å². The van der Waals surface area contributed by atoms with Crippen molar-refractivity contribution in [1.82, 2.24) is 9.13 Å². The number of rotatable bonds is 8. The molecule has 0 saturated carbocycles. The number of hydrogen-bond acceptors (Lipinski definition) is 0. The van der Waals surface area contributed by atoms with Crippen LogP contribution in [0.5, 0.6) is 0 Å². The van der Waals surface area contributed by atoms with Crippen LogP contribution < -0.4 is 0 Å². The minimum Gasteiger partial charge on any atom is -0.328 e. The summed E-state index contributed by atoms with van der Waals surface area (Å²) in [5.74, 6) is 1.42. The number of aryl methyl sites for hydroxylation is 2. The molecule has 0 fully saturated rings. The van der Waals surface area contributed by atoms with Crippen molar-refractivity contribution in [1.29, 1.82) is 0 Å². The summed E-state index contributed by atoms with van der Waals surface area (Å²) in [7, 11) is 0. The van der Waals surface area contributed by atoms with Crippen LogP contribution in [-0.4, -0.2) is 9.13 Å². The zero-order valence-electron chi connectivity index (χ0n) is 15.1. The Balaban J connectivity index is 1.97. The molecule has 0 aromatic carbocycles. The number of nitrogens with zero attached hydrogens (tertiary/aromatic N) is 2. The minimum absolute atomic E-state index is 0.657. The van der Waals surface area contributed by atoms with E-state index in [0.717, 1.165) is 0 Å². The first-order valence-electron chi connectivity index (χ1n) is 9.70. The average molecular weight is 313 g/mol. The Morgan fingerprint density at radius 2 is 1.61 bits per heavy atom. The zero-order chi connectivity index (χ0) is 16.2. The highest BCUT2D eigenvalue weighted by Crippen LogP contribution is 2.35. The lowest BCUT2D eigenvalue weighted by atomic mass is 10.0. The largest absolute Gasteiger partial charge is 0.328 e. The van der Waals surface area contributed by atoms with Crippen LogP contribution in [0.15, 0.2) is 24.3 Å². The van der Waals surface area contributed by atoms with Gasteiger partial charge in [-0.25, -0.2) is 0 Å². The molecule has 0 spiro atoms. The summed E-state index contributed by atoms with van der Waals surface area (Å²) in [6.07, 6.45) is 11.4. The first-order chi connectivity index (χ1) is 11.3. The fraction of sp³-hybridized carbons (Fsp3) is 0.619. The molecule has 1 aliphatic rings. The van der Waals surface area contributed by atoms with Gasteiger partial charge < -0.3 is 9.13 Å². The minimum atomic E-state index is 0.657. The van der Waals surface area contributed by atoms with Crippen LogP contribution in [-0.2, 0) is 19.3 Å². The van der Waals surface area contributed by atoms with Crippen molar-refractivity contribution < 1.29 is 0 Å². The normalized spacial score (nSPS) is 16.4. The maximum absolute atomic E-state index is 2.67. The molecule has 2 heteroatoms. The second-order valence-corrected chi connectivity index (χ2v) is 7.06. The predicted molar refractivity (Wildman–Crippen MR) is 98.6 cm³/mol. The van der Waals surface area contributed by atoms with Gasteiger partial charge in [0.1, 0.15) is 5.82 Å². The Morgan fingerprint density at radius 1 is 0.870 bits per heavy atom. The van der Waals surface area contributed by atoms with Crippen molar-refractivity contribution >= 4 is 0 Å². The molecule has 3 rings (SSSR count). The van der Waals surface area contributed by atoms with Crippen LogP contribution in [0.4, 0.5) is 0 Å². The molecule has 2 nitrogen and oxygen atoms in total. The first-order valence-corrected chi connectivity index (χ1v) is 9.70. The average Bonchev–Trinajstić information content (AvgIpc) is 3.13. The van der Waals surface area contributed by atoms with Gasteiger partial charge in [-0.2, -0.15) is 0 Å². The summed E-state index contributed by atoms with van der Waals surface area (Å²) in [5.41, 5.74) is 4.53. The number of aromatic nitrogens is 2. The molecule has 1 atom stereocenters. The Hall–Kier alpha value is -1.44. The lowest BCUT2D eigenvalue weighted by Crippen LogP contribution is -2.25. The molecule has 0 aliphatic carbocycles. The van der Waals surface area contributed by atoms with E-state index in [-0.39, 0.29) is 0 Å². The highest BCUT2D eigenvalue weighted by atomic mass is 15.2. The van der Waals surface area contributed by atoms with E-state index in [1.165, 1.54) is 80.7 Å². The van der Waals surface area contributed by atoms with Gasteiger partial charge in [0.25, 0.3) is 0 Å². The van der Waals surface area contributed by atoms with E-state index in [1.807, 2.05) is 0 Å². The van der Waals surface area contributed by atoms with Crippen molar-refractivity contribution in [2.45, 2.75) is 84.6 Å². The molecule has 23 heavy (non-hydrogen) atoms. The maximum atomic E-state index is 2.67. The first kappa shape index (κ1) is 16.4. The van der Waals surface area contributed by atoms with Crippen LogP contribution in [0, 0.1) is 0 Å². The van der Waals surface area contributed by atoms with Gasteiger partial charge >= 0.3 is 0 Å². The summed E-state index contributed by atoms with van der Waals surface area (Å²) in [6, 6.07) is 10.1. The lowest BCUT2D eigenvalue weighted by molar-refractivity contribution is 0.399. The van der Waals surface area contributed by atoms with Gasteiger partial charge in [0, 0.05) is 29.5 Å². The second kappa shape index (κ2) is 7.42. The van der Waals surface area contributed by atoms with E-state index in [4.69, 9.17) is 0 Å². The predicted octanol–water partition coefficient (Wildman–Crippen LogP) is 5.86. The second-order valence-electron chi connectivity index (χ2n) is 7.06. The molecule has 0 unspecified atom stereocenters. The summed E-state index contributed by atoms with van der Waals surface area (Å²) < 4.78 is 5.21. The monoisotopic (exact) mass is 312 g/mol. The third kappa shape index (κ3) is 3.13. The molecule has 0 bridgehead atoms. The standard InChI is InChI=1S/C21H32N2/c1-4-7-8-11-19-16-20-13-12-17(9-5-2)23(20)21-15-14-18(10-6-3)22(19)21/h12-15,19H,4-11,16H2,1-3H3/t19-/m1/s1. The van der Waals surface area contributed by atoms with E-state index in [0.29, 0.717) is 6.04 Å². The van der Waals surface area contributed by atoms with Crippen molar-refractivity contribution in [2.75, 3.05) is 0 Å². The molecular weight excluding hydrogens is 280 g/mol. The molecule has 2 aromatic heterocycles. The molecule has 0 saturated heterocycles.